The Labute approximate surface area is 215 Å². The van der Waals surface area contributed by atoms with Crippen LogP contribution in [0.1, 0.15) is 29.5 Å². The molecule has 36 heavy (non-hydrogen) atoms. The topological polar surface area (TPSA) is 75.7 Å². The summed E-state index contributed by atoms with van der Waals surface area (Å²) in [5.74, 6) is 0.147. The Morgan fingerprint density at radius 3 is 2.33 bits per heavy atom. The number of thiophene rings is 1. The van der Waals surface area contributed by atoms with Crippen molar-refractivity contribution < 1.29 is 31.1 Å². The van der Waals surface area contributed by atoms with E-state index in [1.165, 1.54) is 28.6 Å². The minimum atomic E-state index is -4.38. The molecule has 0 unspecified atom stereocenters. The first-order valence-electron chi connectivity index (χ1n) is 11.0. The number of amides is 1. The van der Waals surface area contributed by atoms with Gasteiger partial charge in [0.25, 0.3) is 10.0 Å². The predicted molar refractivity (Wildman–Crippen MR) is 130 cm³/mol. The Hall–Kier alpha value is -2.60. The van der Waals surface area contributed by atoms with Gasteiger partial charge in [-0.2, -0.15) is 17.5 Å². The molecule has 1 aromatic heterocycles. The smallest absolute Gasteiger partial charge is 0.416 e. The maximum absolute atomic E-state index is 12.9. The van der Waals surface area contributed by atoms with Crippen molar-refractivity contribution in [3.05, 3.63) is 81.7 Å². The second-order valence-corrected chi connectivity index (χ2v) is 12.0. The van der Waals surface area contributed by atoms with Crippen molar-refractivity contribution in [3.63, 3.8) is 0 Å². The highest BCUT2D eigenvalue weighted by molar-refractivity contribution is 7.91. The Kier molecular flexibility index (Phi) is 7.93. The molecule has 0 saturated carbocycles. The van der Waals surface area contributed by atoms with Crippen molar-refractivity contribution in [1.82, 2.24) is 9.62 Å². The fourth-order valence-electron chi connectivity index (χ4n) is 3.81. The van der Waals surface area contributed by atoms with Crippen LogP contribution in [0.2, 0.25) is 4.34 Å². The van der Waals surface area contributed by atoms with Crippen LogP contribution in [0.25, 0.3) is 0 Å². The van der Waals surface area contributed by atoms with Crippen molar-refractivity contribution in [3.8, 4) is 5.75 Å². The molecule has 0 aliphatic carbocycles. The third kappa shape index (κ3) is 6.20. The SMILES string of the molecule is O=C(NCc1ccc(OCc2ccc(C(F)(F)F)cc2)cc1)[C@@H]1CCCN1S(=O)(=O)c1ccc(Cl)s1. The van der Waals surface area contributed by atoms with Gasteiger partial charge in [-0.15, -0.1) is 11.3 Å². The highest BCUT2D eigenvalue weighted by atomic mass is 35.5. The van der Waals surface area contributed by atoms with Crippen molar-refractivity contribution in [2.45, 2.75) is 42.4 Å². The van der Waals surface area contributed by atoms with E-state index in [1.807, 2.05) is 0 Å². The number of halogens is 4. The molecule has 1 amide bonds. The maximum Gasteiger partial charge on any atom is 0.416 e. The molecule has 0 radical (unpaired) electrons. The summed E-state index contributed by atoms with van der Waals surface area (Å²) in [6.45, 7) is 0.573. The molecule has 1 N–H and O–H groups in total. The van der Waals surface area contributed by atoms with Crippen LogP contribution in [0.15, 0.2) is 64.9 Å². The third-order valence-electron chi connectivity index (χ3n) is 5.69. The van der Waals surface area contributed by atoms with Crippen LogP contribution < -0.4 is 10.1 Å². The molecule has 0 spiro atoms. The number of nitrogens with one attached hydrogen (secondary N) is 1. The van der Waals surface area contributed by atoms with Gasteiger partial charge >= 0.3 is 6.18 Å². The highest BCUT2D eigenvalue weighted by Crippen LogP contribution is 2.32. The van der Waals surface area contributed by atoms with Gasteiger partial charge in [0.05, 0.1) is 9.90 Å². The lowest BCUT2D eigenvalue weighted by Crippen LogP contribution is -2.45. The summed E-state index contributed by atoms with van der Waals surface area (Å²) in [6, 6.07) is 13.8. The fraction of sp³-hybridized carbons (Fsp3) is 0.292. The van der Waals surface area contributed by atoms with E-state index in [0.29, 0.717) is 28.5 Å². The summed E-state index contributed by atoms with van der Waals surface area (Å²) in [7, 11) is -3.81. The molecule has 3 aromatic rings. The van der Waals surface area contributed by atoms with Gasteiger partial charge in [0.2, 0.25) is 5.91 Å². The van der Waals surface area contributed by atoms with Crippen LogP contribution in [0.5, 0.6) is 5.75 Å². The minimum Gasteiger partial charge on any atom is -0.489 e. The van der Waals surface area contributed by atoms with E-state index in [-0.39, 0.29) is 29.8 Å². The number of hydrogen-bond donors (Lipinski definition) is 1. The Bertz CT molecular complexity index is 1310. The van der Waals surface area contributed by atoms with E-state index in [4.69, 9.17) is 16.3 Å². The molecule has 1 fully saturated rings. The average Bonchev–Trinajstić information content (AvgIpc) is 3.52. The molecule has 1 aliphatic rings. The molecule has 0 bridgehead atoms. The lowest BCUT2D eigenvalue weighted by molar-refractivity contribution is -0.137. The summed E-state index contributed by atoms with van der Waals surface area (Å²) in [5.41, 5.74) is 0.662. The summed E-state index contributed by atoms with van der Waals surface area (Å²) in [4.78, 5) is 12.8. The quantitative estimate of drug-likeness (QED) is 0.398. The van der Waals surface area contributed by atoms with Crippen LogP contribution in [0.3, 0.4) is 0 Å². The van der Waals surface area contributed by atoms with Gasteiger partial charge < -0.3 is 10.1 Å². The number of carbonyl (C=O) groups excluding carboxylic acids is 1. The van der Waals surface area contributed by atoms with Gasteiger partial charge in [0.1, 0.15) is 22.6 Å². The van der Waals surface area contributed by atoms with E-state index in [1.54, 1.807) is 24.3 Å². The monoisotopic (exact) mass is 558 g/mol. The molecule has 1 saturated heterocycles. The van der Waals surface area contributed by atoms with Gasteiger partial charge in [-0.05, 0) is 60.4 Å². The minimum absolute atomic E-state index is 0.107. The summed E-state index contributed by atoms with van der Waals surface area (Å²) < 4.78 is 71.2. The number of sulfonamides is 1. The molecule has 12 heteroatoms. The maximum atomic E-state index is 12.9. The molecule has 2 aromatic carbocycles. The largest absolute Gasteiger partial charge is 0.489 e. The zero-order valence-corrected chi connectivity index (χ0v) is 21.2. The lowest BCUT2D eigenvalue weighted by Gasteiger charge is -2.22. The zero-order valence-electron chi connectivity index (χ0n) is 18.8. The number of hydrogen-bond acceptors (Lipinski definition) is 5. The van der Waals surface area contributed by atoms with E-state index < -0.39 is 27.8 Å². The van der Waals surface area contributed by atoms with Crippen molar-refractivity contribution in [1.29, 1.82) is 0 Å². The molecule has 192 valence electrons. The van der Waals surface area contributed by atoms with Gasteiger partial charge in [0.15, 0.2) is 0 Å². The first-order valence-corrected chi connectivity index (χ1v) is 13.6. The van der Waals surface area contributed by atoms with E-state index >= 15 is 0 Å². The van der Waals surface area contributed by atoms with E-state index in [9.17, 15) is 26.4 Å². The molecular weight excluding hydrogens is 537 g/mol. The predicted octanol–water partition coefficient (Wildman–Crippen LogP) is 5.47. The number of ether oxygens (including phenoxy) is 1. The van der Waals surface area contributed by atoms with Gasteiger partial charge in [0, 0.05) is 13.1 Å². The molecule has 6 nitrogen and oxygen atoms in total. The lowest BCUT2D eigenvalue weighted by atomic mass is 10.1. The molecule has 1 atom stereocenters. The van der Waals surface area contributed by atoms with Crippen molar-refractivity contribution in [2.75, 3.05) is 6.54 Å². The summed E-state index contributed by atoms with van der Waals surface area (Å²) in [6.07, 6.45) is -3.37. The second-order valence-electron chi connectivity index (χ2n) is 8.18. The highest BCUT2D eigenvalue weighted by Gasteiger charge is 2.40. The summed E-state index contributed by atoms with van der Waals surface area (Å²) >= 11 is 6.84. The van der Waals surface area contributed by atoms with Gasteiger partial charge in [-0.3, -0.25) is 4.79 Å². The Balaban J connectivity index is 1.30. The third-order valence-corrected chi connectivity index (χ3v) is 9.30. The normalized spacial score (nSPS) is 16.7. The average molecular weight is 559 g/mol. The van der Waals surface area contributed by atoms with Crippen molar-refractivity contribution in [2.24, 2.45) is 0 Å². The van der Waals surface area contributed by atoms with E-state index in [0.717, 1.165) is 29.0 Å². The van der Waals surface area contributed by atoms with Gasteiger partial charge in [-0.25, -0.2) is 8.42 Å². The molecule has 4 rings (SSSR count). The number of alkyl halides is 3. The standard InChI is InChI=1S/C24H22ClF3N2O4S2/c25-21-11-12-22(35-21)36(32,33)30-13-1-2-20(30)23(31)29-14-16-5-9-19(10-6-16)34-15-17-3-7-18(8-4-17)24(26,27)28/h3-12,20H,1-2,13-15H2,(H,29,31)/t20-/m0/s1. The van der Waals surface area contributed by atoms with Crippen LogP contribution in [0.4, 0.5) is 13.2 Å². The van der Waals surface area contributed by atoms with Crippen LogP contribution in [-0.2, 0) is 34.1 Å². The van der Waals surface area contributed by atoms with Crippen LogP contribution in [-0.4, -0.2) is 31.2 Å². The first kappa shape index (κ1) is 26.5. The van der Waals surface area contributed by atoms with Gasteiger partial charge in [-0.1, -0.05) is 35.9 Å². The molecular formula is C24H22ClF3N2O4S2. The van der Waals surface area contributed by atoms with Crippen LogP contribution in [0, 0.1) is 0 Å². The molecule has 1 aliphatic heterocycles. The number of nitrogens with zero attached hydrogens (tertiary/aromatic N) is 1. The number of rotatable bonds is 8. The Morgan fingerprint density at radius 2 is 1.72 bits per heavy atom. The van der Waals surface area contributed by atoms with Crippen molar-refractivity contribution >= 4 is 38.9 Å². The molecule has 2 heterocycles. The number of carbonyl (C=O) groups is 1. The zero-order chi connectivity index (χ0) is 25.9. The van der Waals surface area contributed by atoms with Crippen LogP contribution >= 0.6 is 22.9 Å². The second kappa shape index (κ2) is 10.8. The number of benzene rings is 2. The van der Waals surface area contributed by atoms with E-state index in [2.05, 4.69) is 5.32 Å². The first-order chi connectivity index (χ1) is 17.0. The summed E-state index contributed by atoms with van der Waals surface area (Å²) in [5, 5.41) is 2.79. The fourth-order valence-corrected chi connectivity index (χ4v) is 7.08. The Morgan fingerprint density at radius 1 is 1.06 bits per heavy atom.